The highest BCUT2D eigenvalue weighted by atomic mass is 16.3. The molecule has 3 aromatic rings. The molecule has 0 aliphatic heterocycles. The van der Waals surface area contributed by atoms with Crippen LogP contribution in [0.25, 0.3) is 11.5 Å². The summed E-state index contributed by atoms with van der Waals surface area (Å²) < 4.78 is 7.27. The quantitative estimate of drug-likeness (QED) is 0.447. The number of nitrogens with two attached hydrogens (primary N) is 1. The Morgan fingerprint density at radius 3 is 2.74 bits per heavy atom. The van der Waals surface area contributed by atoms with Crippen molar-refractivity contribution in [1.29, 1.82) is 0 Å². The van der Waals surface area contributed by atoms with Crippen LogP contribution in [0.2, 0.25) is 0 Å². The summed E-state index contributed by atoms with van der Waals surface area (Å²) in [6, 6.07) is 3.72. The molecule has 0 aromatic carbocycles. The van der Waals surface area contributed by atoms with E-state index in [9.17, 15) is 9.59 Å². The Bertz CT molecular complexity index is 1170. The van der Waals surface area contributed by atoms with Crippen LogP contribution in [0.1, 0.15) is 74.9 Å². The molecule has 4 rings (SSSR count). The number of amides is 2. The molecule has 0 unspecified atom stereocenters. The third-order valence-electron chi connectivity index (χ3n) is 6.37. The summed E-state index contributed by atoms with van der Waals surface area (Å²) in [5.41, 5.74) is 6.61. The molecule has 34 heavy (non-hydrogen) atoms. The molecule has 10 nitrogen and oxygen atoms in total. The van der Waals surface area contributed by atoms with Crippen molar-refractivity contribution in [1.82, 2.24) is 19.7 Å². The molecule has 0 radical (unpaired) electrons. The molecule has 4 N–H and O–H groups in total. The number of carbonyl (C=O) groups is 2. The second kappa shape index (κ2) is 10.1. The van der Waals surface area contributed by atoms with Gasteiger partial charge in [0.05, 0.1) is 11.7 Å². The Labute approximate surface area is 199 Å². The van der Waals surface area contributed by atoms with Crippen LogP contribution in [0.5, 0.6) is 0 Å². The normalized spacial score (nSPS) is 18.1. The molecular formula is C24H33N7O3. The monoisotopic (exact) mass is 467 g/mol. The fraction of sp³-hybridized carbons (Fsp3) is 0.458. The van der Waals surface area contributed by atoms with E-state index in [1.807, 2.05) is 6.92 Å². The Morgan fingerprint density at radius 2 is 2.06 bits per heavy atom. The number of hydrogen-bond donors (Lipinski definition) is 3. The van der Waals surface area contributed by atoms with Gasteiger partial charge in [0.25, 0.3) is 11.8 Å². The molecule has 1 aliphatic carbocycles. The lowest BCUT2D eigenvalue weighted by molar-refractivity contribution is 0.0994. The number of oxazole rings is 1. The number of carbonyl (C=O) groups excluding carboxylic acids is 2. The fourth-order valence-corrected chi connectivity index (χ4v) is 4.42. The van der Waals surface area contributed by atoms with E-state index in [-0.39, 0.29) is 24.5 Å². The molecule has 0 bridgehead atoms. The molecule has 1 saturated carbocycles. The Balaban J connectivity index is 0.00000342. The molecule has 1 fully saturated rings. The van der Waals surface area contributed by atoms with Crippen molar-refractivity contribution < 1.29 is 15.4 Å². The summed E-state index contributed by atoms with van der Waals surface area (Å²) >= 11 is 0. The van der Waals surface area contributed by atoms with E-state index in [0.29, 0.717) is 29.1 Å². The first kappa shape index (κ1) is 23.5. The molecule has 2 amide bonds. The van der Waals surface area contributed by atoms with Crippen LogP contribution < -0.4 is 16.4 Å². The van der Waals surface area contributed by atoms with Crippen molar-refractivity contribution in [3.8, 4) is 11.5 Å². The van der Waals surface area contributed by atoms with Gasteiger partial charge in [-0.3, -0.25) is 14.3 Å². The average molecular weight is 468 g/mol. The van der Waals surface area contributed by atoms with Gasteiger partial charge in [0, 0.05) is 25.9 Å². The second-order valence-electron chi connectivity index (χ2n) is 9.00. The zero-order chi connectivity index (χ0) is 24.2. The third kappa shape index (κ3) is 5.11. The van der Waals surface area contributed by atoms with E-state index in [0.717, 1.165) is 32.2 Å². The first-order valence-corrected chi connectivity index (χ1v) is 11.7. The van der Waals surface area contributed by atoms with Gasteiger partial charge in [-0.05, 0) is 56.6 Å². The second-order valence-corrected chi connectivity index (χ2v) is 9.00. The smallest absolute Gasteiger partial charge is 0.277 e. The summed E-state index contributed by atoms with van der Waals surface area (Å²) in [6.45, 7) is 7.21. The summed E-state index contributed by atoms with van der Waals surface area (Å²) in [4.78, 5) is 33.4. The zero-order valence-corrected chi connectivity index (χ0v) is 19.7. The van der Waals surface area contributed by atoms with Crippen molar-refractivity contribution >= 4 is 23.3 Å². The van der Waals surface area contributed by atoms with Crippen LogP contribution >= 0.6 is 0 Å². The van der Waals surface area contributed by atoms with Gasteiger partial charge in [0.2, 0.25) is 5.89 Å². The number of nitrogens with one attached hydrogen (secondary N) is 2. The van der Waals surface area contributed by atoms with E-state index in [2.05, 4.69) is 39.5 Å². The Hall–Kier alpha value is -3.69. The van der Waals surface area contributed by atoms with Crippen molar-refractivity contribution in [3.63, 3.8) is 0 Å². The minimum absolute atomic E-state index is 0. The van der Waals surface area contributed by atoms with E-state index < -0.39 is 11.8 Å². The molecule has 3 heterocycles. The van der Waals surface area contributed by atoms with Crippen molar-refractivity contribution in [2.24, 2.45) is 17.6 Å². The number of pyridine rings is 1. The number of anilines is 2. The van der Waals surface area contributed by atoms with E-state index in [4.69, 9.17) is 10.2 Å². The molecule has 182 valence electrons. The zero-order valence-electron chi connectivity index (χ0n) is 19.7. The molecule has 0 atom stereocenters. The molecular weight excluding hydrogens is 434 g/mol. The maximum atomic E-state index is 12.9. The van der Waals surface area contributed by atoms with Gasteiger partial charge >= 0.3 is 0 Å². The molecule has 10 heteroatoms. The maximum absolute atomic E-state index is 12.9. The topological polar surface area (TPSA) is 141 Å². The van der Waals surface area contributed by atoms with E-state index in [1.165, 1.54) is 6.26 Å². The Morgan fingerprint density at radius 1 is 1.29 bits per heavy atom. The van der Waals surface area contributed by atoms with Gasteiger partial charge in [0.1, 0.15) is 12.1 Å². The third-order valence-corrected chi connectivity index (χ3v) is 6.37. The highest BCUT2D eigenvalue weighted by molar-refractivity contribution is 6.07. The van der Waals surface area contributed by atoms with Crippen molar-refractivity contribution in [2.45, 2.75) is 52.5 Å². The average Bonchev–Trinajstić information content (AvgIpc) is 3.48. The lowest BCUT2D eigenvalue weighted by Gasteiger charge is -2.30. The summed E-state index contributed by atoms with van der Waals surface area (Å²) in [5.74, 6) is 1.13. The largest absolute Gasteiger partial charge is 0.444 e. The standard InChI is InChI=1S/C24H31N7O3.H2/c1-4-26-20-11-16(9-10-27-20)24-29-19(13-34-24)23(33)28-18-12-31(30-21(18)22(25)32)17-7-5-15(6-8-17)14(2)3;/h9-15,17H,4-8H2,1-3H3,(H2,25,32)(H,26,27)(H,28,33);1H. The van der Waals surface area contributed by atoms with Crippen molar-refractivity contribution in [3.05, 3.63) is 42.2 Å². The minimum atomic E-state index is -0.696. The number of hydrogen-bond acceptors (Lipinski definition) is 7. The van der Waals surface area contributed by atoms with Crippen LogP contribution in [0, 0.1) is 11.8 Å². The minimum Gasteiger partial charge on any atom is -0.444 e. The number of primary amides is 1. The first-order chi connectivity index (χ1) is 16.4. The Kier molecular flexibility index (Phi) is 6.95. The van der Waals surface area contributed by atoms with E-state index >= 15 is 0 Å². The van der Waals surface area contributed by atoms with Crippen LogP contribution in [0.15, 0.2) is 35.2 Å². The number of rotatable bonds is 8. The first-order valence-electron chi connectivity index (χ1n) is 11.7. The lowest BCUT2D eigenvalue weighted by atomic mass is 9.80. The highest BCUT2D eigenvalue weighted by Crippen LogP contribution is 2.36. The predicted octanol–water partition coefficient (Wildman–Crippen LogP) is 4.35. The van der Waals surface area contributed by atoms with Gasteiger partial charge in [-0.2, -0.15) is 5.10 Å². The van der Waals surface area contributed by atoms with Gasteiger partial charge in [0.15, 0.2) is 11.4 Å². The van der Waals surface area contributed by atoms with Crippen LogP contribution in [-0.2, 0) is 0 Å². The summed E-state index contributed by atoms with van der Waals surface area (Å²) in [6.07, 6.45) is 8.78. The van der Waals surface area contributed by atoms with Crippen molar-refractivity contribution in [2.75, 3.05) is 17.2 Å². The SMILES string of the molecule is CCNc1cc(-c2nc(C(=O)Nc3cn(C4CCC(C(C)C)CC4)nc3C(N)=O)co2)ccn1.[HH]. The maximum Gasteiger partial charge on any atom is 0.277 e. The van der Waals surface area contributed by atoms with Gasteiger partial charge < -0.3 is 20.8 Å². The lowest BCUT2D eigenvalue weighted by Crippen LogP contribution is -2.22. The van der Waals surface area contributed by atoms with Gasteiger partial charge in [-0.1, -0.05) is 13.8 Å². The summed E-state index contributed by atoms with van der Waals surface area (Å²) in [7, 11) is 0. The number of aromatic nitrogens is 4. The molecule has 1 aliphatic rings. The van der Waals surface area contributed by atoms with Crippen LogP contribution in [-0.4, -0.2) is 38.1 Å². The van der Waals surface area contributed by atoms with Crippen LogP contribution in [0.4, 0.5) is 11.5 Å². The highest BCUT2D eigenvalue weighted by Gasteiger charge is 2.27. The molecule has 0 saturated heterocycles. The van der Waals surface area contributed by atoms with Crippen LogP contribution in [0.3, 0.4) is 0 Å². The van der Waals surface area contributed by atoms with Gasteiger partial charge in [-0.15, -0.1) is 0 Å². The van der Waals surface area contributed by atoms with E-state index in [1.54, 1.807) is 29.2 Å². The molecule has 0 spiro atoms. The van der Waals surface area contributed by atoms with Gasteiger partial charge in [-0.25, -0.2) is 9.97 Å². The summed E-state index contributed by atoms with van der Waals surface area (Å²) in [5, 5.41) is 10.2. The molecule has 3 aromatic heterocycles. The number of nitrogens with zero attached hydrogens (tertiary/aromatic N) is 4. The predicted molar refractivity (Wildman–Crippen MR) is 131 cm³/mol. The fourth-order valence-electron chi connectivity index (χ4n) is 4.42.